The summed E-state index contributed by atoms with van der Waals surface area (Å²) in [6.07, 6.45) is -1.56. The standard InChI is InChI=1S/C31H30ClNO5/c1-33(31(35)38-22-25-15-9-4-10-16-25)19-28(34)26-17-27(32)30(37-21-24-13-7-3-8-14-24)29(18-26)36-20-23-11-5-2-6-12-23/h2-18,28,34H,19-22H2,1H3/t28-/m1/s1. The summed E-state index contributed by atoms with van der Waals surface area (Å²) in [6, 6.07) is 32.2. The average molecular weight is 532 g/mol. The first-order valence-electron chi connectivity index (χ1n) is 12.3. The van der Waals surface area contributed by atoms with Crippen LogP contribution in [0.15, 0.2) is 103 Å². The van der Waals surface area contributed by atoms with Gasteiger partial charge in [-0.05, 0) is 34.4 Å². The molecule has 0 unspecified atom stereocenters. The lowest BCUT2D eigenvalue weighted by molar-refractivity contribution is 0.0786. The summed E-state index contributed by atoms with van der Waals surface area (Å²) in [5, 5.41) is 11.3. The highest BCUT2D eigenvalue weighted by Gasteiger charge is 2.21. The van der Waals surface area contributed by atoms with Crippen LogP contribution in [-0.2, 0) is 24.6 Å². The first-order chi connectivity index (χ1) is 18.5. The molecule has 4 rings (SSSR count). The molecule has 0 saturated heterocycles. The van der Waals surface area contributed by atoms with Gasteiger partial charge >= 0.3 is 6.09 Å². The molecule has 1 atom stereocenters. The van der Waals surface area contributed by atoms with E-state index in [1.807, 2.05) is 91.0 Å². The summed E-state index contributed by atoms with van der Waals surface area (Å²) in [5.41, 5.74) is 3.34. The molecular weight excluding hydrogens is 502 g/mol. The van der Waals surface area contributed by atoms with E-state index in [1.54, 1.807) is 19.2 Å². The lowest BCUT2D eigenvalue weighted by Gasteiger charge is -2.22. The molecule has 6 nitrogen and oxygen atoms in total. The number of hydrogen-bond donors (Lipinski definition) is 1. The number of benzene rings is 4. The number of likely N-dealkylation sites (N-methyl/N-ethyl adjacent to an activating group) is 1. The minimum absolute atomic E-state index is 0.00625. The Bertz CT molecular complexity index is 1300. The van der Waals surface area contributed by atoms with Gasteiger partial charge in [0.2, 0.25) is 0 Å². The topological polar surface area (TPSA) is 68.2 Å². The molecule has 1 amide bonds. The molecule has 0 radical (unpaired) electrons. The Morgan fingerprint density at radius 3 is 1.84 bits per heavy atom. The predicted molar refractivity (Wildman–Crippen MR) is 147 cm³/mol. The van der Waals surface area contributed by atoms with Gasteiger partial charge in [-0.3, -0.25) is 0 Å². The van der Waals surface area contributed by atoms with Crippen LogP contribution in [-0.4, -0.2) is 29.7 Å². The fourth-order valence-electron chi connectivity index (χ4n) is 3.76. The van der Waals surface area contributed by atoms with Crippen molar-refractivity contribution in [2.75, 3.05) is 13.6 Å². The highest BCUT2D eigenvalue weighted by atomic mass is 35.5. The van der Waals surface area contributed by atoms with Gasteiger partial charge in [0.1, 0.15) is 19.8 Å². The Balaban J connectivity index is 1.47. The monoisotopic (exact) mass is 531 g/mol. The molecule has 0 aliphatic rings. The maximum Gasteiger partial charge on any atom is 0.409 e. The second kappa shape index (κ2) is 13.5. The smallest absolute Gasteiger partial charge is 0.409 e. The summed E-state index contributed by atoms with van der Waals surface area (Å²) in [5.74, 6) is 0.790. The van der Waals surface area contributed by atoms with Gasteiger partial charge in [-0.25, -0.2) is 4.79 Å². The summed E-state index contributed by atoms with van der Waals surface area (Å²) >= 11 is 6.62. The zero-order valence-electron chi connectivity index (χ0n) is 21.1. The number of aliphatic hydroxyl groups excluding tert-OH is 1. The van der Waals surface area contributed by atoms with Crippen LogP contribution in [0.4, 0.5) is 4.79 Å². The molecule has 38 heavy (non-hydrogen) atoms. The number of ether oxygens (including phenoxy) is 3. The van der Waals surface area contributed by atoms with Crippen LogP contribution in [0.2, 0.25) is 5.02 Å². The van der Waals surface area contributed by atoms with Gasteiger partial charge in [-0.15, -0.1) is 0 Å². The third-order valence-electron chi connectivity index (χ3n) is 5.84. The van der Waals surface area contributed by atoms with Crippen LogP contribution in [0.3, 0.4) is 0 Å². The summed E-state index contributed by atoms with van der Waals surface area (Å²) in [7, 11) is 1.57. The van der Waals surface area contributed by atoms with Gasteiger partial charge in [0.15, 0.2) is 11.5 Å². The fourth-order valence-corrected chi connectivity index (χ4v) is 4.04. The van der Waals surface area contributed by atoms with E-state index in [2.05, 4.69) is 0 Å². The van der Waals surface area contributed by atoms with E-state index in [-0.39, 0.29) is 13.2 Å². The van der Waals surface area contributed by atoms with Crippen LogP contribution in [0.25, 0.3) is 0 Å². The second-order valence-electron chi connectivity index (χ2n) is 8.82. The van der Waals surface area contributed by atoms with Crippen molar-refractivity contribution in [2.45, 2.75) is 25.9 Å². The van der Waals surface area contributed by atoms with E-state index >= 15 is 0 Å². The van der Waals surface area contributed by atoms with E-state index in [1.165, 1.54) is 4.90 Å². The molecule has 0 fully saturated rings. The Labute approximate surface area is 228 Å². The Hall–Kier alpha value is -4.00. The number of aliphatic hydroxyl groups is 1. The molecule has 0 heterocycles. The highest BCUT2D eigenvalue weighted by molar-refractivity contribution is 6.32. The molecule has 0 aliphatic carbocycles. The van der Waals surface area contributed by atoms with E-state index in [9.17, 15) is 9.90 Å². The Morgan fingerprint density at radius 1 is 0.789 bits per heavy atom. The first-order valence-corrected chi connectivity index (χ1v) is 12.6. The molecule has 0 aliphatic heterocycles. The Morgan fingerprint density at radius 2 is 1.29 bits per heavy atom. The minimum Gasteiger partial charge on any atom is -0.485 e. The van der Waals surface area contributed by atoms with Crippen molar-refractivity contribution >= 4 is 17.7 Å². The van der Waals surface area contributed by atoms with E-state index in [4.69, 9.17) is 25.8 Å². The van der Waals surface area contributed by atoms with Gasteiger partial charge in [-0.2, -0.15) is 0 Å². The minimum atomic E-state index is -1.02. The molecule has 0 aromatic heterocycles. The second-order valence-corrected chi connectivity index (χ2v) is 9.22. The van der Waals surface area contributed by atoms with E-state index in [0.29, 0.717) is 35.3 Å². The lowest BCUT2D eigenvalue weighted by atomic mass is 10.1. The van der Waals surface area contributed by atoms with Crippen LogP contribution < -0.4 is 9.47 Å². The van der Waals surface area contributed by atoms with Gasteiger partial charge in [-0.1, -0.05) is 103 Å². The summed E-state index contributed by atoms with van der Waals surface area (Å²) in [6.45, 7) is 0.757. The third-order valence-corrected chi connectivity index (χ3v) is 6.12. The number of carbonyl (C=O) groups is 1. The van der Waals surface area contributed by atoms with Gasteiger partial charge in [0.05, 0.1) is 17.7 Å². The average Bonchev–Trinajstić information content (AvgIpc) is 2.95. The molecule has 0 bridgehead atoms. The zero-order chi connectivity index (χ0) is 26.7. The van der Waals surface area contributed by atoms with E-state index < -0.39 is 12.2 Å². The predicted octanol–water partition coefficient (Wildman–Crippen LogP) is 6.80. The molecule has 7 heteroatoms. The van der Waals surface area contributed by atoms with Crippen molar-refractivity contribution in [1.82, 2.24) is 4.90 Å². The molecular formula is C31H30ClNO5. The lowest BCUT2D eigenvalue weighted by Crippen LogP contribution is -2.31. The maximum atomic E-state index is 12.5. The number of carbonyl (C=O) groups excluding carboxylic acids is 1. The van der Waals surface area contributed by atoms with E-state index in [0.717, 1.165) is 16.7 Å². The number of rotatable bonds is 11. The SMILES string of the molecule is CN(C[C@@H](O)c1cc(Cl)c(OCc2ccccc2)c(OCc2ccccc2)c1)C(=O)OCc1ccccc1. The summed E-state index contributed by atoms with van der Waals surface area (Å²) in [4.78, 5) is 13.8. The number of amides is 1. The Kier molecular flexibility index (Phi) is 9.62. The third kappa shape index (κ3) is 7.75. The number of hydrogen-bond acceptors (Lipinski definition) is 5. The molecule has 4 aromatic carbocycles. The maximum absolute atomic E-state index is 12.5. The van der Waals surface area contributed by atoms with Crippen LogP contribution in [0, 0.1) is 0 Å². The zero-order valence-corrected chi connectivity index (χ0v) is 21.9. The van der Waals surface area contributed by atoms with Crippen molar-refractivity contribution in [3.63, 3.8) is 0 Å². The molecule has 1 N–H and O–H groups in total. The molecule has 0 spiro atoms. The van der Waals surface area contributed by atoms with Crippen molar-refractivity contribution in [3.05, 3.63) is 130 Å². The van der Waals surface area contributed by atoms with Crippen molar-refractivity contribution in [1.29, 1.82) is 0 Å². The van der Waals surface area contributed by atoms with Crippen molar-refractivity contribution < 1.29 is 24.1 Å². The molecule has 196 valence electrons. The highest BCUT2D eigenvalue weighted by Crippen LogP contribution is 2.39. The normalized spacial score (nSPS) is 11.4. The van der Waals surface area contributed by atoms with Crippen molar-refractivity contribution in [2.24, 2.45) is 0 Å². The molecule has 0 saturated carbocycles. The largest absolute Gasteiger partial charge is 0.485 e. The quantitative estimate of drug-likeness (QED) is 0.230. The first kappa shape index (κ1) is 27.0. The van der Waals surface area contributed by atoms with Crippen molar-refractivity contribution in [3.8, 4) is 11.5 Å². The number of halogens is 1. The van der Waals surface area contributed by atoms with Gasteiger partial charge in [0.25, 0.3) is 0 Å². The van der Waals surface area contributed by atoms with Crippen LogP contribution in [0.5, 0.6) is 11.5 Å². The van der Waals surface area contributed by atoms with Crippen LogP contribution in [0.1, 0.15) is 28.4 Å². The number of nitrogens with zero attached hydrogens (tertiary/aromatic N) is 1. The van der Waals surface area contributed by atoms with Crippen LogP contribution >= 0.6 is 11.6 Å². The molecule has 4 aromatic rings. The van der Waals surface area contributed by atoms with Gasteiger partial charge < -0.3 is 24.2 Å². The van der Waals surface area contributed by atoms with Gasteiger partial charge in [0, 0.05) is 7.05 Å². The summed E-state index contributed by atoms with van der Waals surface area (Å²) < 4.78 is 17.5. The fraction of sp³-hybridized carbons (Fsp3) is 0.194.